The SMILES string of the molecule is S=CCCC[PH](c1ccccc1)(c1ccccc1)c1ccccc1. The van der Waals surface area contributed by atoms with Crippen LogP contribution in [0, 0.1) is 0 Å². The van der Waals surface area contributed by atoms with E-state index in [-0.39, 0.29) is 0 Å². The minimum atomic E-state index is -2.03. The maximum absolute atomic E-state index is 5.08. The Bertz CT molecular complexity index is 657. The number of unbranched alkanes of at least 4 members (excludes halogenated alkanes) is 1. The van der Waals surface area contributed by atoms with E-state index in [1.165, 1.54) is 22.1 Å². The van der Waals surface area contributed by atoms with E-state index >= 15 is 0 Å². The molecule has 0 aliphatic carbocycles. The predicted molar refractivity (Wildman–Crippen MR) is 114 cm³/mol. The third-order valence-corrected chi connectivity index (χ3v) is 9.97. The van der Waals surface area contributed by atoms with Crippen LogP contribution in [0.25, 0.3) is 0 Å². The summed E-state index contributed by atoms with van der Waals surface area (Å²) in [4.78, 5) is 0. The zero-order chi connectivity index (χ0) is 16.7. The van der Waals surface area contributed by atoms with Crippen LogP contribution >= 0.6 is 19.5 Å². The van der Waals surface area contributed by atoms with Gasteiger partial charge in [0.15, 0.2) is 0 Å². The summed E-state index contributed by atoms with van der Waals surface area (Å²) < 4.78 is 0. The standard InChI is InChI=1S/C22H23PS/c24-19-11-10-18-23(20-12-4-1-5-13-20,21-14-6-2-7-15-21)22-16-8-3-9-17-22/h1-9,12-17,19,23H,10-11,18H2. The maximum atomic E-state index is 5.08. The fourth-order valence-corrected chi connectivity index (χ4v) is 8.60. The number of benzene rings is 3. The second-order valence-corrected chi connectivity index (χ2v) is 10.4. The average molecular weight is 350 g/mol. The molecular formula is C22H23PS. The molecule has 0 aromatic heterocycles. The van der Waals surface area contributed by atoms with Gasteiger partial charge in [-0.3, -0.25) is 0 Å². The van der Waals surface area contributed by atoms with E-state index in [2.05, 4.69) is 91.0 Å². The molecule has 24 heavy (non-hydrogen) atoms. The van der Waals surface area contributed by atoms with E-state index in [4.69, 9.17) is 12.2 Å². The minimum absolute atomic E-state index is 0.997. The Morgan fingerprint density at radius 3 is 1.33 bits per heavy atom. The van der Waals surface area contributed by atoms with Crippen LogP contribution < -0.4 is 15.9 Å². The Kier molecular flexibility index (Phi) is 5.91. The van der Waals surface area contributed by atoms with Gasteiger partial charge in [0.2, 0.25) is 0 Å². The van der Waals surface area contributed by atoms with Crippen molar-refractivity contribution >= 4 is 40.8 Å². The van der Waals surface area contributed by atoms with Crippen molar-refractivity contribution in [2.75, 3.05) is 6.16 Å². The van der Waals surface area contributed by atoms with E-state index < -0.39 is 7.26 Å². The van der Waals surface area contributed by atoms with Gasteiger partial charge in [0.05, 0.1) is 0 Å². The summed E-state index contributed by atoms with van der Waals surface area (Å²) in [6, 6.07) is 33.2. The first kappa shape index (κ1) is 17.0. The van der Waals surface area contributed by atoms with Gasteiger partial charge in [-0.2, -0.15) is 0 Å². The zero-order valence-corrected chi connectivity index (χ0v) is 15.6. The summed E-state index contributed by atoms with van der Waals surface area (Å²) >= 11 is 5.08. The molecule has 2 heteroatoms. The van der Waals surface area contributed by atoms with Gasteiger partial charge in [-0.1, -0.05) is 0 Å². The van der Waals surface area contributed by atoms with Gasteiger partial charge in [0.1, 0.15) is 0 Å². The molecule has 0 atom stereocenters. The van der Waals surface area contributed by atoms with Gasteiger partial charge in [0, 0.05) is 0 Å². The van der Waals surface area contributed by atoms with Crippen LogP contribution in [0.1, 0.15) is 12.8 Å². The average Bonchev–Trinajstić information content (AvgIpc) is 2.68. The molecule has 0 heterocycles. The second kappa shape index (κ2) is 8.33. The Labute approximate surface area is 150 Å². The number of hydrogen-bond acceptors (Lipinski definition) is 1. The van der Waals surface area contributed by atoms with Crippen LogP contribution in [0.3, 0.4) is 0 Å². The molecule has 3 aromatic rings. The van der Waals surface area contributed by atoms with E-state index in [9.17, 15) is 0 Å². The van der Waals surface area contributed by atoms with Gasteiger partial charge in [-0.05, 0) is 0 Å². The third kappa shape index (κ3) is 3.48. The molecule has 0 bridgehead atoms. The molecule has 0 amide bonds. The summed E-state index contributed by atoms with van der Waals surface area (Å²) in [5.74, 6) is 0. The Morgan fingerprint density at radius 1 is 0.625 bits per heavy atom. The van der Waals surface area contributed by atoms with Crippen molar-refractivity contribution in [3.05, 3.63) is 91.0 Å². The summed E-state index contributed by atoms with van der Waals surface area (Å²) in [7, 11) is -2.03. The molecule has 0 saturated heterocycles. The Hall–Kier alpha value is -1.82. The molecule has 3 aromatic carbocycles. The quantitative estimate of drug-likeness (QED) is 0.344. The van der Waals surface area contributed by atoms with Gasteiger partial charge in [-0.15, -0.1) is 0 Å². The molecule has 0 fully saturated rings. The van der Waals surface area contributed by atoms with Crippen molar-refractivity contribution in [2.45, 2.75) is 12.8 Å². The molecule has 122 valence electrons. The molecule has 0 aliphatic heterocycles. The van der Waals surface area contributed by atoms with Crippen LogP contribution in [0.2, 0.25) is 0 Å². The molecular weight excluding hydrogens is 327 g/mol. The van der Waals surface area contributed by atoms with E-state index in [0.29, 0.717) is 0 Å². The van der Waals surface area contributed by atoms with Crippen LogP contribution in [-0.4, -0.2) is 11.5 Å². The molecule has 0 saturated carbocycles. The third-order valence-electron chi connectivity index (χ3n) is 4.67. The van der Waals surface area contributed by atoms with Crippen molar-refractivity contribution in [1.29, 1.82) is 0 Å². The van der Waals surface area contributed by atoms with Crippen LogP contribution in [0.15, 0.2) is 91.0 Å². The van der Waals surface area contributed by atoms with Crippen molar-refractivity contribution in [3.8, 4) is 0 Å². The van der Waals surface area contributed by atoms with Crippen LogP contribution in [-0.2, 0) is 0 Å². The summed E-state index contributed by atoms with van der Waals surface area (Å²) in [6.45, 7) is 0. The molecule has 0 aliphatic rings. The Balaban J connectivity index is 2.22. The normalized spacial score (nSPS) is 11.8. The first-order valence-electron chi connectivity index (χ1n) is 8.48. The summed E-state index contributed by atoms with van der Waals surface area (Å²) in [6.07, 6.45) is 3.31. The van der Waals surface area contributed by atoms with Crippen molar-refractivity contribution in [1.82, 2.24) is 0 Å². The molecule has 0 radical (unpaired) electrons. The Morgan fingerprint density at radius 2 is 1.00 bits per heavy atom. The van der Waals surface area contributed by atoms with Crippen LogP contribution in [0.4, 0.5) is 0 Å². The van der Waals surface area contributed by atoms with Gasteiger partial charge < -0.3 is 0 Å². The first-order valence-corrected chi connectivity index (χ1v) is 11.2. The van der Waals surface area contributed by atoms with Crippen LogP contribution in [0.5, 0.6) is 0 Å². The van der Waals surface area contributed by atoms with Crippen molar-refractivity contribution in [3.63, 3.8) is 0 Å². The van der Waals surface area contributed by atoms with Gasteiger partial charge in [0.25, 0.3) is 0 Å². The topological polar surface area (TPSA) is 0 Å². The van der Waals surface area contributed by atoms with Gasteiger partial charge in [-0.25, -0.2) is 0 Å². The van der Waals surface area contributed by atoms with E-state index in [1.54, 1.807) is 0 Å². The van der Waals surface area contributed by atoms with Crippen molar-refractivity contribution in [2.24, 2.45) is 0 Å². The summed E-state index contributed by atoms with van der Waals surface area (Å²) in [5, 5.41) is 6.31. The predicted octanol–water partition coefficient (Wildman–Crippen LogP) is 4.49. The van der Waals surface area contributed by atoms with E-state index in [1.807, 2.05) is 5.37 Å². The van der Waals surface area contributed by atoms with Crippen molar-refractivity contribution < 1.29 is 0 Å². The number of hydrogen-bond donors (Lipinski definition) is 0. The van der Waals surface area contributed by atoms with E-state index in [0.717, 1.165) is 12.8 Å². The number of thiocarbonyl (C=S) groups is 1. The zero-order valence-electron chi connectivity index (χ0n) is 13.8. The first-order chi connectivity index (χ1) is 11.9. The van der Waals surface area contributed by atoms with Gasteiger partial charge >= 0.3 is 151 Å². The molecule has 3 rings (SSSR count). The molecule has 0 unspecified atom stereocenters. The molecule has 0 nitrogen and oxygen atoms in total. The molecule has 0 N–H and O–H groups in total. The summed E-state index contributed by atoms with van der Waals surface area (Å²) in [5.41, 5.74) is 0. The number of rotatable bonds is 7. The monoisotopic (exact) mass is 350 g/mol. The fourth-order valence-electron chi connectivity index (χ4n) is 3.55. The molecule has 0 spiro atoms. The fraction of sp³-hybridized carbons (Fsp3) is 0.136. The second-order valence-electron chi connectivity index (χ2n) is 6.06.